The minimum absolute atomic E-state index is 0.113. The molecule has 0 radical (unpaired) electrons. The van der Waals surface area contributed by atoms with Crippen molar-refractivity contribution in [2.75, 3.05) is 0 Å². The maximum absolute atomic E-state index is 12.5. The van der Waals surface area contributed by atoms with Crippen LogP contribution in [0.2, 0.25) is 0 Å². The van der Waals surface area contributed by atoms with Crippen LogP contribution in [0.25, 0.3) is 0 Å². The van der Waals surface area contributed by atoms with Gasteiger partial charge in [-0.2, -0.15) is 0 Å². The van der Waals surface area contributed by atoms with Crippen molar-refractivity contribution in [2.45, 2.75) is 72.1 Å². The van der Waals surface area contributed by atoms with E-state index in [1.807, 2.05) is 0 Å². The largest absolute Gasteiger partial charge is 0.481 e. The number of rotatable bonds is 1. The first-order chi connectivity index (χ1) is 10.7. The summed E-state index contributed by atoms with van der Waals surface area (Å²) < 4.78 is 0. The van der Waals surface area contributed by atoms with Crippen LogP contribution < -0.4 is 0 Å². The average Bonchev–Trinajstić information content (AvgIpc) is 2.75. The monoisotopic (exact) mass is 318 g/mol. The van der Waals surface area contributed by atoms with Crippen molar-refractivity contribution >= 4 is 11.8 Å². The van der Waals surface area contributed by atoms with Crippen LogP contribution in [-0.2, 0) is 9.59 Å². The second-order valence-corrected chi connectivity index (χ2v) is 9.85. The Morgan fingerprint density at radius 3 is 2.48 bits per heavy atom. The standard InChI is InChI=1S/C20H30O3/c1-18(2)14-6-9-20-10-12(13(11-20)17(22)23)4-5-15(20)19(14,3)8-7-16(18)21/h12-15H,4-11H2,1-3H3,(H,22,23)/t12?,13-,14+,15-,19+,20-/m0/s1. The van der Waals surface area contributed by atoms with Crippen LogP contribution in [0.4, 0.5) is 0 Å². The molecular formula is C20H30O3. The number of aliphatic carboxylic acids is 1. The van der Waals surface area contributed by atoms with Crippen LogP contribution in [0.15, 0.2) is 0 Å². The molecule has 4 aliphatic rings. The van der Waals surface area contributed by atoms with Gasteiger partial charge in [0.1, 0.15) is 5.78 Å². The number of carbonyl (C=O) groups is 2. The van der Waals surface area contributed by atoms with Gasteiger partial charge >= 0.3 is 5.97 Å². The zero-order valence-corrected chi connectivity index (χ0v) is 14.7. The van der Waals surface area contributed by atoms with Gasteiger partial charge in [-0.25, -0.2) is 0 Å². The van der Waals surface area contributed by atoms with Gasteiger partial charge in [0.05, 0.1) is 5.92 Å². The van der Waals surface area contributed by atoms with Gasteiger partial charge in [0.25, 0.3) is 0 Å². The van der Waals surface area contributed by atoms with Crippen molar-refractivity contribution in [1.82, 2.24) is 0 Å². The van der Waals surface area contributed by atoms with Gasteiger partial charge < -0.3 is 5.11 Å². The molecule has 1 N–H and O–H groups in total. The van der Waals surface area contributed by atoms with E-state index < -0.39 is 5.97 Å². The Morgan fingerprint density at radius 1 is 1.04 bits per heavy atom. The predicted octanol–water partition coefficient (Wildman–Crippen LogP) is 4.30. The molecule has 0 aromatic heterocycles. The smallest absolute Gasteiger partial charge is 0.306 e. The maximum Gasteiger partial charge on any atom is 0.306 e. The minimum Gasteiger partial charge on any atom is -0.481 e. The lowest BCUT2D eigenvalue weighted by Gasteiger charge is -2.63. The number of hydrogen-bond donors (Lipinski definition) is 1. The summed E-state index contributed by atoms with van der Waals surface area (Å²) in [4.78, 5) is 24.2. The molecule has 0 aromatic carbocycles. The van der Waals surface area contributed by atoms with Crippen molar-refractivity contribution in [1.29, 1.82) is 0 Å². The lowest BCUT2D eigenvalue weighted by Crippen LogP contribution is -2.58. The van der Waals surface area contributed by atoms with E-state index in [0.29, 0.717) is 23.5 Å². The third kappa shape index (κ3) is 1.88. The highest BCUT2D eigenvalue weighted by molar-refractivity contribution is 5.85. The first kappa shape index (κ1) is 15.7. The summed E-state index contributed by atoms with van der Waals surface area (Å²) >= 11 is 0. The molecular weight excluding hydrogens is 288 g/mol. The van der Waals surface area contributed by atoms with E-state index in [2.05, 4.69) is 20.8 Å². The number of carboxylic acids is 1. The predicted molar refractivity (Wildman–Crippen MR) is 87.9 cm³/mol. The quantitative estimate of drug-likeness (QED) is 0.784. The van der Waals surface area contributed by atoms with Gasteiger partial charge in [-0.3, -0.25) is 9.59 Å². The van der Waals surface area contributed by atoms with E-state index in [1.54, 1.807) is 0 Å². The second-order valence-electron chi connectivity index (χ2n) is 9.85. The Balaban J connectivity index is 1.71. The summed E-state index contributed by atoms with van der Waals surface area (Å²) in [6.07, 6.45) is 8.30. The normalized spacial score (nSPS) is 51.0. The molecule has 23 heavy (non-hydrogen) atoms. The van der Waals surface area contributed by atoms with E-state index in [-0.39, 0.29) is 22.2 Å². The Bertz CT molecular complexity index is 565. The minimum atomic E-state index is -0.570. The fraction of sp³-hybridized carbons (Fsp3) is 0.900. The van der Waals surface area contributed by atoms with E-state index in [4.69, 9.17) is 0 Å². The number of Topliss-reactive ketones (excluding diaryl/α,β-unsaturated/α-hetero) is 1. The third-order valence-electron chi connectivity index (χ3n) is 8.75. The summed E-state index contributed by atoms with van der Waals surface area (Å²) in [5.74, 6) is 1.27. The van der Waals surface area contributed by atoms with Crippen LogP contribution in [0.5, 0.6) is 0 Å². The molecule has 0 heterocycles. The molecule has 1 spiro atoms. The first-order valence-corrected chi connectivity index (χ1v) is 9.47. The molecule has 4 rings (SSSR count). The van der Waals surface area contributed by atoms with Crippen molar-refractivity contribution in [2.24, 2.45) is 39.9 Å². The topological polar surface area (TPSA) is 54.4 Å². The highest BCUT2D eigenvalue weighted by Gasteiger charge is 2.65. The average molecular weight is 318 g/mol. The number of carbonyl (C=O) groups excluding carboxylic acids is 1. The molecule has 0 amide bonds. The van der Waals surface area contributed by atoms with Crippen LogP contribution in [0.3, 0.4) is 0 Å². The Labute approximate surface area is 139 Å². The third-order valence-corrected chi connectivity index (χ3v) is 8.75. The van der Waals surface area contributed by atoms with Crippen molar-refractivity contribution < 1.29 is 14.7 Å². The van der Waals surface area contributed by atoms with Gasteiger partial charge in [0.15, 0.2) is 0 Å². The fourth-order valence-electron chi connectivity index (χ4n) is 7.76. The van der Waals surface area contributed by atoms with Gasteiger partial charge in [-0.15, -0.1) is 0 Å². The number of ketones is 1. The van der Waals surface area contributed by atoms with Crippen LogP contribution >= 0.6 is 0 Å². The Hall–Kier alpha value is -0.860. The molecule has 3 heteroatoms. The maximum atomic E-state index is 12.5. The van der Waals surface area contributed by atoms with Gasteiger partial charge in [0, 0.05) is 11.8 Å². The molecule has 128 valence electrons. The molecule has 4 fully saturated rings. The highest BCUT2D eigenvalue weighted by Crippen LogP contribution is 2.71. The first-order valence-electron chi connectivity index (χ1n) is 9.47. The van der Waals surface area contributed by atoms with E-state index in [9.17, 15) is 14.7 Å². The molecule has 6 atom stereocenters. The Kier molecular flexibility index (Phi) is 3.14. The van der Waals surface area contributed by atoms with Gasteiger partial charge in [0.2, 0.25) is 0 Å². The molecule has 2 bridgehead atoms. The molecule has 0 aromatic rings. The van der Waals surface area contributed by atoms with Crippen LogP contribution in [0, 0.1) is 39.9 Å². The van der Waals surface area contributed by atoms with E-state index in [1.165, 1.54) is 6.42 Å². The molecule has 0 aliphatic heterocycles. The summed E-state index contributed by atoms with van der Waals surface area (Å²) in [5.41, 5.74) is 0.290. The zero-order chi connectivity index (χ0) is 16.6. The van der Waals surface area contributed by atoms with Crippen LogP contribution in [-0.4, -0.2) is 16.9 Å². The fourth-order valence-corrected chi connectivity index (χ4v) is 7.76. The van der Waals surface area contributed by atoms with Crippen molar-refractivity contribution in [3.8, 4) is 0 Å². The lowest BCUT2D eigenvalue weighted by atomic mass is 9.41. The number of fused-ring (bicyclic) bond motifs is 3. The molecule has 4 aliphatic carbocycles. The zero-order valence-electron chi connectivity index (χ0n) is 14.7. The summed E-state index contributed by atoms with van der Waals surface area (Å²) in [6, 6.07) is 0. The molecule has 4 saturated carbocycles. The number of hydrogen-bond acceptors (Lipinski definition) is 2. The summed E-state index contributed by atoms with van der Waals surface area (Å²) in [6.45, 7) is 6.76. The SMILES string of the molecule is CC1(C)C(=O)CC[C@]2(C)[C@@H]1CC[C@@]13CC(CC[C@H]12)[C@@H](C(=O)O)C3. The van der Waals surface area contributed by atoms with Crippen LogP contribution in [0.1, 0.15) is 72.1 Å². The lowest BCUT2D eigenvalue weighted by molar-refractivity contribution is -0.165. The number of carboxylic acid groups (broad SMARTS) is 1. The molecule has 1 unspecified atom stereocenters. The van der Waals surface area contributed by atoms with Crippen molar-refractivity contribution in [3.05, 3.63) is 0 Å². The second kappa shape index (κ2) is 4.61. The highest BCUT2D eigenvalue weighted by atomic mass is 16.4. The van der Waals surface area contributed by atoms with Gasteiger partial charge in [-0.05, 0) is 73.5 Å². The Morgan fingerprint density at radius 2 is 1.78 bits per heavy atom. The van der Waals surface area contributed by atoms with E-state index in [0.717, 1.165) is 44.9 Å². The van der Waals surface area contributed by atoms with Gasteiger partial charge in [-0.1, -0.05) is 20.8 Å². The molecule has 0 saturated heterocycles. The summed E-state index contributed by atoms with van der Waals surface area (Å²) in [7, 11) is 0. The van der Waals surface area contributed by atoms with E-state index >= 15 is 0 Å². The van der Waals surface area contributed by atoms with Crippen molar-refractivity contribution in [3.63, 3.8) is 0 Å². The molecule has 3 nitrogen and oxygen atoms in total. The summed E-state index contributed by atoms with van der Waals surface area (Å²) in [5, 5.41) is 9.62.